The lowest BCUT2D eigenvalue weighted by Crippen LogP contribution is -2.36. The van der Waals surface area contributed by atoms with Crippen molar-refractivity contribution in [3.8, 4) is 0 Å². The maximum Gasteiger partial charge on any atom is 0.269 e. The van der Waals surface area contributed by atoms with E-state index in [-0.39, 0.29) is 11.9 Å². The number of aryl methyl sites for hydroxylation is 2. The molecular formula is C10H15N3O2. The van der Waals surface area contributed by atoms with Crippen LogP contribution >= 0.6 is 0 Å². The van der Waals surface area contributed by atoms with E-state index in [9.17, 15) is 4.79 Å². The molecule has 0 bridgehead atoms. The Labute approximate surface area is 88.4 Å². The van der Waals surface area contributed by atoms with Crippen LogP contribution in [-0.4, -0.2) is 34.9 Å². The third-order valence-electron chi connectivity index (χ3n) is 2.50. The molecule has 5 heteroatoms. The molecule has 0 aliphatic carbocycles. The summed E-state index contributed by atoms with van der Waals surface area (Å²) in [5, 5.41) is 7.06. The Bertz CT molecular complexity index is 367. The highest BCUT2D eigenvalue weighted by Gasteiger charge is 2.20. The summed E-state index contributed by atoms with van der Waals surface area (Å²) in [6.07, 6.45) is 0.891. The van der Waals surface area contributed by atoms with Gasteiger partial charge in [-0.2, -0.15) is 5.10 Å². The van der Waals surface area contributed by atoms with E-state index < -0.39 is 0 Å². The molecule has 0 aromatic carbocycles. The quantitative estimate of drug-likeness (QED) is 0.759. The van der Waals surface area contributed by atoms with Gasteiger partial charge in [-0.05, 0) is 19.4 Å². The van der Waals surface area contributed by atoms with Crippen molar-refractivity contribution in [3.63, 3.8) is 0 Å². The lowest BCUT2D eigenvalue weighted by Gasteiger charge is -2.10. The van der Waals surface area contributed by atoms with Crippen molar-refractivity contribution in [2.24, 2.45) is 7.05 Å². The molecule has 2 rings (SSSR count). The first-order valence-corrected chi connectivity index (χ1v) is 5.06. The van der Waals surface area contributed by atoms with Gasteiger partial charge >= 0.3 is 0 Å². The van der Waals surface area contributed by atoms with Gasteiger partial charge in [0.1, 0.15) is 5.69 Å². The molecule has 0 saturated carbocycles. The van der Waals surface area contributed by atoms with Crippen LogP contribution in [0.15, 0.2) is 6.07 Å². The van der Waals surface area contributed by atoms with E-state index in [1.54, 1.807) is 17.8 Å². The second kappa shape index (κ2) is 4.02. The fraction of sp³-hybridized carbons (Fsp3) is 0.600. The molecule has 1 fully saturated rings. The molecule has 0 spiro atoms. The van der Waals surface area contributed by atoms with Crippen molar-refractivity contribution in [2.75, 3.05) is 13.2 Å². The molecular weight excluding hydrogens is 194 g/mol. The minimum Gasteiger partial charge on any atom is -0.379 e. The molecule has 5 nitrogen and oxygen atoms in total. The van der Waals surface area contributed by atoms with Crippen LogP contribution in [0.25, 0.3) is 0 Å². The summed E-state index contributed by atoms with van der Waals surface area (Å²) in [7, 11) is 1.77. The van der Waals surface area contributed by atoms with E-state index in [1.165, 1.54) is 0 Å². The summed E-state index contributed by atoms with van der Waals surface area (Å²) in [5.74, 6) is -0.0754. The number of rotatable bonds is 2. The molecule has 1 aromatic heterocycles. The average molecular weight is 209 g/mol. The highest BCUT2D eigenvalue weighted by molar-refractivity contribution is 5.92. The highest BCUT2D eigenvalue weighted by atomic mass is 16.5. The Morgan fingerprint density at radius 1 is 1.73 bits per heavy atom. The van der Waals surface area contributed by atoms with Crippen LogP contribution in [0.1, 0.15) is 22.6 Å². The van der Waals surface area contributed by atoms with Gasteiger partial charge in [-0.25, -0.2) is 0 Å². The predicted octanol–water partition coefficient (Wildman–Crippen LogP) is 0.247. The SMILES string of the molecule is Cc1cc(C(=O)N[C@@H]2CCOC2)n(C)n1. The molecule has 1 N–H and O–H groups in total. The normalized spacial score (nSPS) is 20.5. The van der Waals surface area contributed by atoms with Crippen molar-refractivity contribution in [2.45, 2.75) is 19.4 Å². The molecule has 1 atom stereocenters. The van der Waals surface area contributed by atoms with Crippen molar-refractivity contribution < 1.29 is 9.53 Å². The summed E-state index contributed by atoms with van der Waals surface area (Å²) in [5.41, 5.74) is 1.45. The third-order valence-corrected chi connectivity index (χ3v) is 2.50. The van der Waals surface area contributed by atoms with Gasteiger partial charge in [-0.3, -0.25) is 9.48 Å². The molecule has 1 aliphatic heterocycles. The average Bonchev–Trinajstić information content (AvgIpc) is 2.75. The maximum absolute atomic E-state index is 11.8. The maximum atomic E-state index is 11.8. The minimum absolute atomic E-state index is 0.0754. The number of carbonyl (C=O) groups is 1. The number of carbonyl (C=O) groups excluding carboxylic acids is 1. The minimum atomic E-state index is -0.0754. The first kappa shape index (κ1) is 10.2. The van der Waals surface area contributed by atoms with Crippen LogP contribution in [-0.2, 0) is 11.8 Å². The van der Waals surface area contributed by atoms with Gasteiger partial charge in [0.05, 0.1) is 18.3 Å². The zero-order valence-corrected chi connectivity index (χ0v) is 8.99. The summed E-state index contributed by atoms with van der Waals surface area (Å²) < 4.78 is 6.79. The zero-order chi connectivity index (χ0) is 10.8. The fourth-order valence-corrected chi connectivity index (χ4v) is 1.73. The largest absolute Gasteiger partial charge is 0.379 e. The molecule has 82 valence electrons. The summed E-state index contributed by atoms with van der Waals surface area (Å²) in [6, 6.07) is 1.93. The molecule has 0 radical (unpaired) electrons. The van der Waals surface area contributed by atoms with Gasteiger partial charge in [-0.15, -0.1) is 0 Å². The standard InChI is InChI=1S/C10H15N3O2/c1-7-5-9(13(2)12-7)10(14)11-8-3-4-15-6-8/h5,8H,3-4,6H2,1-2H3,(H,11,14)/t8-/m1/s1. The Balaban J connectivity index is 2.03. The van der Waals surface area contributed by atoms with Crippen LogP contribution in [0.4, 0.5) is 0 Å². The van der Waals surface area contributed by atoms with E-state index in [4.69, 9.17) is 4.74 Å². The molecule has 1 saturated heterocycles. The molecule has 15 heavy (non-hydrogen) atoms. The van der Waals surface area contributed by atoms with Gasteiger partial charge in [0, 0.05) is 13.7 Å². The smallest absolute Gasteiger partial charge is 0.269 e. The van der Waals surface area contributed by atoms with Crippen molar-refractivity contribution >= 4 is 5.91 Å². The monoisotopic (exact) mass is 209 g/mol. The number of ether oxygens (including phenoxy) is 1. The third kappa shape index (κ3) is 2.18. The Morgan fingerprint density at radius 3 is 3.07 bits per heavy atom. The van der Waals surface area contributed by atoms with Crippen molar-refractivity contribution in [3.05, 3.63) is 17.5 Å². The van der Waals surface area contributed by atoms with Crippen molar-refractivity contribution in [1.29, 1.82) is 0 Å². The Hall–Kier alpha value is -1.36. The van der Waals surface area contributed by atoms with E-state index in [1.807, 2.05) is 6.92 Å². The first-order chi connectivity index (χ1) is 7.16. The van der Waals surface area contributed by atoms with E-state index in [0.29, 0.717) is 12.3 Å². The van der Waals surface area contributed by atoms with Crippen LogP contribution in [0, 0.1) is 6.92 Å². The van der Waals surface area contributed by atoms with E-state index in [2.05, 4.69) is 10.4 Å². The number of aromatic nitrogens is 2. The van der Waals surface area contributed by atoms with E-state index >= 15 is 0 Å². The zero-order valence-electron chi connectivity index (χ0n) is 8.99. The summed E-state index contributed by atoms with van der Waals surface area (Å²) >= 11 is 0. The molecule has 0 unspecified atom stereocenters. The van der Waals surface area contributed by atoms with Gasteiger partial charge in [0.25, 0.3) is 5.91 Å². The fourth-order valence-electron chi connectivity index (χ4n) is 1.73. The Kier molecular flexibility index (Phi) is 2.73. The second-order valence-corrected chi connectivity index (χ2v) is 3.83. The topological polar surface area (TPSA) is 56.1 Å². The number of hydrogen-bond donors (Lipinski definition) is 1. The van der Waals surface area contributed by atoms with Crippen LogP contribution in [0.5, 0.6) is 0 Å². The molecule has 2 heterocycles. The highest BCUT2D eigenvalue weighted by Crippen LogP contribution is 2.06. The molecule has 1 aromatic rings. The summed E-state index contributed by atoms with van der Waals surface area (Å²) in [4.78, 5) is 11.8. The molecule has 1 amide bonds. The number of amides is 1. The molecule has 1 aliphatic rings. The van der Waals surface area contributed by atoms with Crippen LogP contribution in [0.2, 0.25) is 0 Å². The summed E-state index contributed by atoms with van der Waals surface area (Å²) in [6.45, 7) is 3.22. The van der Waals surface area contributed by atoms with Crippen LogP contribution < -0.4 is 5.32 Å². The van der Waals surface area contributed by atoms with E-state index in [0.717, 1.165) is 18.7 Å². The lowest BCUT2D eigenvalue weighted by atomic mass is 10.2. The van der Waals surface area contributed by atoms with Crippen LogP contribution in [0.3, 0.4) is 0 Å². The predicted molar refractivity (Wildman–Crippen MR) is 54.6 cm³/mol. The van der Waals surface area contributed by atoms with Crippen molar-refractivity contribution in [1.82, 2.24) is 15.1 Å². The number of hydrogen-bond acceptors (Lipinski definition) is 3. The van der Waals surface area contributed by atoms with Gasteiger partial charge in [0.2, 0.25) is 0 Å². The van der Waals surface area contributed by atoms with Gasteiger partial charge in [0.15, 0.2) is 0 Å². The van der Waals surface area contributed by atoms with Gasteiger partial charge < -0.3 is 10.1 Å². The van der Waals surface area contributed by atoms with Gasteiger partial charge in [-0.1, -0.05) is 0 Å². The Morgan fingerprint density at radius 2 is 2.53 bits per heavy atom. The number of nitrogens with zero attached hydrogens (tertiary/aromatic N) is 2. The lowest BCUT2D eigenvalue weighted by molar-refractivity contribution is 0.0920. The first-order valence-electron chi connectivity index (χ1n) is 5.06. The second-order valence-electron chi connectivity index (χ2n) is 3.83. The number of nitrogens with one attached hydrogen (secondary N) is 1.